The van der Waals surface area contributed by atoms with Crippen molar-refractivity contribution in [3.05, 3.63) is 59.3 Å². The monoisotopic (exact) mass is 376 g/mol. The van der Waals surface area contributed by atoms with E-state index in [9.17, 15) is 18.8 Å². The Hall–Kier alpha value is -3.36. The third-order valence-electron chi connectivity index (χ3n) is 3.58. The molecule has 0 saturated heterocycles. The van der Waals surface area contributed by atoms with Gasteiger partial charge in [-0.05, 0) is 36.8 Å². The van der Waals surface area contributed by atoms with Gasteiger partial charge in [0.05, 0.1) is 19.4 Å². The molecule has 0 unspecified atom stereocenters. The minimum atomic E-state index is -0.543. The number of aryl methyl sites for hydroxylation is 1. The molecule has 0 spiro atoms. The zero-order valence-electron chi connectivity index (χ0n) is 14.8. The SMILES string of the molecule is Cc1ccc(C(=O)NCCNC(=O)NCC(=O)NCc2ccco2)cc1F. The summed E-state index contributed by atoms with van der Waals surface area (Å²) in [6.07, 6.45) is 1.50. The van der Waals surface area contributed by atoms with E-state index in [2.05, 4.69) is 21.3 Å². The van der Waals surface area contributed by atoms with Crippen LogP contribution in [0.3, 0.4) is 0 Å². The number of furan rings is 1. The summed E-state index contributed by atoms with van der Waals surface area (Å²) in [4.78, 5) is 35.1. The maximum Gasteiger partial charge on any atom is 0.315 e. The number of urea groups is 1. The fourth-order valence-electron chi connectivity index (χ4n) is 2.07. The number of amides is 4. The number of hydrogen-bond donors (Lipinski definition) is 4. The Morgan fingerprint density at radius 1 is 1.04 bits per heavy atom. The lowest BCUT2D eigenvalue weighted by molar-refractivity contribution is -0.120. The largest absolute Gasteiger partial charge is 0.467 e. The average molecular weight is 376 g/mol. The molecule has 0 bridgehead atoms. The van der Waals surface area contributed by atoms with E-state index in [0.717, 1.165) is 6.07 Å². The van der Waals surface area contributed by atoms with Crippen LogP contribution in [-0.2, 0) is 11.3 Å². The maximum absolute atomic E-state index is 13.4. The van der Waals surface area contributed by atoms with E-state index in [0.29, 0.717) is 11.3 Å². The van der Waals surface area contributed by atoms with Crippen molar-refractivity contribution in [1.29, 1.82) is 0 Å². The van der Waals surface area contributed by atoms with Gasteiger partial charge in [-0.2, -0.15) is 0 Å². The molecule has 0 aliphatic rings. The lowest BCUT2D eigenvalue weighted by atomic mass is 10.1. The van der Waals surface area contributed by atoms with Crippen LogP contribution in [0.1, 0.15) is 21.7 Å². The molecule has 0 aliphatic carbocycles. The van der Waals surface area contributed by atoms with Gasteiger partial charge in [-0.15, -0.1) is 0 Å². The molecule has 0 aliphatic heterocycles. The van der Waals surface area contributed by atoms with E-state index in [4.69, 9.17) is 4.42 Å². The first-order valence-electron chi connectivity index (χ1n) is 8.31. The molecule has 0 saturated carbocycles. The van der Waals surface area contributed by atoms with Crippen LogP contribution in [0.4, 0.5) is 9.18 Å². The third-order valence-corrected chi connectivity index (χ3v) is 3.58. The van der Waals surface area contributed by atoms with Crippen molar-refractivity contribution < 1.29 is 23.2 Å². The molecule has 0 fully saturated rings. The van der Waals surface area contributed by atoms with E-state index in [-0.39, 0.29) is 37.6 Å². The first-order valence-corrected chi connectivity index (χ1v) is 8.31. The molecular weight excluding hydrogens is 355 g/mol. The molecular formula is C18H21FN4O4. The second-order valence-corrected chi connectivity index (χ2v) is 5.69. The second-order valence-electron chi connectivity index (χ2n) is 5.69. The topological polar surface area (TPSA) is 112 Å². The van der Waals surface area contributed by atoms with Crippen LogP contribution in [0.2, 0.25) is 0 Å². The smallest absolute Gasteiger partial charge is 0.315 e. The molecule has 9 heteroatoms. The van der Waals surface area contributed by atoms with Gasteiger partial charge in [0.1, 0.15) is 11.6 Å². The number of rotatable bonds is 8. The van der Waals surface area contributed by atoms with E-state index >= 15 is 0 Å². The zero-order valence-corrected chi connectivity index (χ0v) is 14.8. The quantitative estimate of drug-likeness (QED) is 0.516. The summed E-state index contributed by atoms with van der Waals surface area (Å²) in [5, 5.41) is 10.0. The number of nitrogens with one attached hydrogen (secondary N) is 4. The highest BCUT2D eigenvalue weighted by Crippen LogP contribution is 2.08. The van der Waals surface area contributed by atoms with E-state index in [1.807, 2.05) is 0 Å². The Balaban J connectivity index is 1.58. The van der Waals surface area contributed by atoms with Gasteiger partial charge in [0.15, 0.2) is 0 Å². The highest BCUT2D eigenvalue weighted by molar-refractivity contribution is 5.94. The maximum atomic E-state index is 13.4. The molecule has 1 aromatic heterocycles. The number of hydrogen-bond acceptors (Lipinski definition) is 4. The summed E-state index contributed by atoms with van der Waals surface area (Å²) in [6.45, 7) is 1.96. The summed E-state index contributed by atoms with van der Waals surface area (Å²) >= 11 is 0. The van der Waals surface area contributed by atoms with Crippen LogP contribution in [-0.4, -0.2) is 37.5 Å². The van der Waals surface area contributed by atoms with Gasteiger partial charge >= 0.3 is 6.03 Å². The molecule has 144 valence electrons. The predicted octanol–water partition coefficient (Wildman–Crippen LogP) is 1.07. The predicted molar refractivity (Wildman–Crippen MR) is 95.4 cm³/mol. The first kappa shape index (κ1) is 20.0. The van der Waals surface area contributed by atoms with Gasteiger partial charge in [0, 0.05) is 18.7 Å². The van der Waals surface area contributed by atoms with Crippen molar-refractivity contribution in [3.8, 4) is 0 Å². The van der Waals surface area contributed by atoms with Gasteiger partial charge in [-0.1, -0.05) is 6.07 Å². The zero-order chi connectivity index (χ0) is 19.6. The molecule has 2 rings (SSSR count). The van der Waals surface area contributed by atoms with Gasteiger partial charge in [0.25, 0.3) is 5.91 Å². The highest BCUT2D eigenvalue weighted by atomic mass is 19.1. The Labute approximate surface area is 155 Å². The Bertz CT molecular complexity index is 793. The second kappa shape index (κ2) is 9.95. The fraction of sp³-hybridized carbons (Fsp3) is 0.278. The lowest BCUT2D eigenvalue weighted by Crippen LogP contribution is -2.44. The van der Waals surface area contributed by atoms with E-state index in [1.165, 1.54) is 18.4 Å². The van der Waals surface area contributed by atoms with Gasteiger partial charge in [-0.3, -0.25) is 9.59 Å². The lowest BCUT2D eigenvalue weighted by Gasteiger charge is -2.09. The Morgan fingerprint density at radius 3 is 2.52 bits per heavy atom. The van der Waals surface area contributed by atoms with Crippen molar-refractivity contribution in [2.75, 3.05) is 19.6 Å². The fourth-order valence-corrected chi connectivity index (χ4v) is 2.07. The van der Waals surface area contributed by atoms with Crippen LogP contribution >= 0.6 is 0 Å². The van der Waals surface area contributed by atoms with E-state index in [1.54, 1.807) is 19.1 Å². The van der Waals surface area contributed by atoms with Gasteiger partial charge in [0.2, 0.25) is 5.91 Å². The van der Waals surface area contributed by atoms with Crippen molar-refractivity contribution in [3.63, 3.8) is 0 Å². The first-order chi connectivity index (χ1) is 13.0. The Kier molecular flexibility index (Phi) is 7.36. The molecule has 0 atom stereocenters. The third kappa shape index (κ3) is 6.81. The minimum Gasteiger partial charge on any atom is -0.467 e. The van der Waals surface area contributed by atoms with Crippen LogP contribution in [0.15, 0.2) is 41.0 Å². The Morgan fingerprint density at radius 2 is 1.81 bits per heavy atom. The summed E-state index contributed by atoms with van der Waals surface area (Å²) in [7, 11) is 0. The van der Waals surface area contributed by atoms with Crippen molar-refractivity contribution >= 4 is 17.8 Å². The minimum absolute atomic E-state index is 0.153. The van der Waals surface area contributed by atoms with Crippen LogP contribution < -0.4 is 21.3 Å². The number of halogens is 1. The van der Waals surface area contributed by atoms with Crippen molar-refractivity contribution in [1.82, 2.24) is 21.3 Å². The summed E-state index contributed by atoms with van der Waals surface area (Å²) in [5.41, 5.74) is 0.661. The van der Waals surface area contributed by atoms with Crippen LogP contribution in [0, 0.1) is 12.7 Å². The van der Waals surface area contributed by atoms with E-state index < -0.39 is 17.8 Å². The van der Waals surface area contributed by atoms with Crippen molar-refractivity contribution in [2.24, 2.45) is 0 Å². The van der Waals surface area contributed by atoms with Crippen molar-refractivity contribution in [2.45, 2.75) is 13.5 Å². The van der Waals surface area contributed by atoms with Crippen LogP contribution in [0.25, 0.3) is 0 Å². The summed E-state index contributed by atoms with van der Waals surface area (Å²) in [6, 6.07) is 7.09. The normalized spacial score (nSPS) is 10.1. The molecule has 0 radical (unpaired) electrons. The van der Waals surface area contributed by atoms with Gasteiger partial charge in [-0.25, -0.2) is 9.18 Å². The summed E-state index contributed by atoms with van der Waals surface area (Å²) in [5.74, 6) is -0.646. The number of carbonyl (C=O) groups excluding carboxylic acids is 3. The summed E-state index contributed by atoms with van der Waals surface area (Å²) < 4.78 is 18.5. The highest BCUT2D eigenvalue weighted by Gasteiger charge is 2.08. The average Bonchev–Trinajstić information content (AvgIpc) is 3.17. The molecule has 8 nitrogen and oxygen atoms in total. The molecule has 2 aromatic rings. The van der Waals surface area contributed by atoms with Gasteiger partial charge < -0.3 is 25.7 Å². The molecule has 27 heavy (non-hydrogen) atoms. The number of benzene rings is 1. The molecule has 4 N–H and O–H groups in total. The molecule has 1 aromatic carbocycles. The number of carbonyl (C=O) groups is 3. The van der Waals surface area contributed by atoms with Crippen LogP contribution in [0.5, 0.6) is 0 Å². The standard InChI is InChI=1S/C18H21FN4O4/c1-12-4-5-13(9-15(12)19)17(25)20-6-7-21-18(26)23-11-16(24)22-10-14-3-2-8-27-14/h2-5,8-9H,6-7,10-11H2,1H3,(H,20,25)(H,22,24)(H2,21,23,26). The molecule has 1 heterocycles. The molecule has 4 amide bonds.